The van der Waals surface area contributed by atoms with Gasteiger partial charge < -0.3 is 15.3 Å². The number of urea groups is 1. The number of aliphatic hydroxyl groups excluding tert-OH is 1. The Balaban J connectivity index is 2.12. The molecule has 5 heteroatoms. The molecule has 0 bridgehead atoms. The third-order valence-electron chi connectivity index (χ3n) is 3.22. The second-order valence-electron chi connectivity index (χ2n) is 4.66. The first-order valence-electron chi connectivity index (χ1n) is 6.57. The van der Waals surface area contributed by atoms with Crippen molar-refractivity contribution in [3.05, 3.63) is 64.6 Å². The molecule has 0 radical (unpaired) electrons. The average Bonchev–Trinajstić information content (AvgIpc) is 2.49. The maximum atomic E-state index is 12.3. The minimum Gasteiger partial charge on any atom is -0.394 e. The van der Waals surface area contributed by atoms with Crippen LogP contribution in [0.3, 0.4) is 0 Å². The summed E-state index contributed by atoms with van der Waals surface area (Å²) in [4.78, 5) is 13.8. The highest BCUT2D eigenvalue weighted by atomic mass is 79.9. The van der Waals surface area contributed by atoms with Gasteiger partial charge in [-0.2, -0.15) is 0 Å². The summed E-state index contributed by atoms with van der Waals surface area (Å²) >= 11 is 3.40. The number of para-hydroxylation sites is 1. The first-order chi connectivity index (χ1) is 10.1. The number of likely N-dealkylation sites (N-methyl/N-ethyl adjacent to an activating group) is 1. The van der Waals surface area contributed by atoms with Gasteiger partial charge in [0.15, 0.2) is 0 Å². The third kappa shape index (κ3) is 4.06. The van der Waals surface area contributed by atoms with Crippen LogP contribution in [0.1, 0.15) is 11.6 Å². The SMILES string of the molecule is CN(C(=O)Nc1ccccc1)C(CO)c1cccc(Br)c1. The number of carbonyl (C=O) groups is 1. The number of nitrogens with one attached hydrogen (secondary N) is 1. The van der Waals surface area contributed by atoms with E-state index in [1.807, 2.05) is 54.6 Å². The second kappa shape index (κ2) is 7.24. The van der Waals surface area contributed by atoms with Crippen molar-refractivity contribution in [1.82, 2.24) is 4.90 Å². The third-order valence-corrected chi connectivity index (χ3v) is 3.71. The lowest BCUT2D eigenvalue weighted by molar-refractivity contribution is 0.159. The van der Waals surface area contributed by atoms with Crippen LogP contribution in [-0.4, -0.2) is 29.7 Å². The minimum atomic E-state index is -0.397. The highest BCUT2D eigenvalue weighted by molar-refractivity contribution is 9.10. The summed E-state index contributed by atoms with van der Waals surface area (Å²) in [6.07, 6.45) is 0. The summed E-state index contributed by atoms with van der Waals surface area (Å²) in [5.41, 5.74) is 1.60. The molecule has 2 aromatic rings. The number of rotatable bonds is 4. The van der Waals surface area contributed by atoms with E-state index >= 15 is 0 Å². The van der Waals surface area contributed by atoms with Crippen molar-refractivity contribution < 1.29 is 9.90 Å². The Bertz CT molecular complexity index is 604. The van der Waals surface area contributed by atoms with Crippen molar-refractivity contribution >= 4 is 27.6 Å². The van der Waals surface area contributed by atoms with Gasteiger partial charge in [-0.1, -0.05) is 46.3 Å². The fourth-order valence-corrected chi connectivity index (χ4v) is 2.46. The number of hydrogen-bond donors (Lipinski definition) is 2. The van der Waals surface area contributed by atoms with E-state index in [0.717, 1.165) is 15.7 Å². The lowest BCUT2D eigenvalue weighted by atomic mass is 10.1. The molecule has 2 N–H and O–H groups in total. The van der Waals surface area contributed by atoms with E-state index in [4.69, 9.17) is 0 Å². The van der Waals surface area contributed by atoms with E-state index in [9.17, 15) is 9.90 Å². The number of amides is 2. The quantitative estimate of drug-likeness (QED) is 0.885. The van der Waals surface area contributed by atoms with Crippen LogP contribution in [0.15, 0.2) is 59.1 Å². The normalized spacial score (nSPS) is 11.8. The van der Waals surface area contributed by atoms with Crippen LogP contribution < -0.4 is 5.32 Å². The monoisotopic (exact) mass is 348 g/mol. The van der Waals surface area contributed by atoms with Crippen LogP contribution in [0.4, 0.5) is 10.5 Å². The van der Waals surface area contributed by atoms with Crippen molar-refractivity contribution in [2.45, 2.75) is 6.04 Å². The summed E-state index contributed by atoms with van der Waals surface area (Å²) in [6.45, 7) is -0.144. The van der Waals surface area contributed by atoms with Crippen molar-refractivity contribution in [1.29, 1.82) is 0 Å². The average molecular weight is 349 g/mol. The molecule has 2 amide bonds. The number of aliphatic hydroxyl groups is 1. The number of benzene rings is 2. The van der Waals surface area contributed by atoms with Gasteiger partial charge in [0, 0.05) is 17.2 Å². The van der Waals surface area contributed by atoms with E-state index in [2.05, 4.69) is 21.2 Å². The summed E-state index contributed by atoms with van der Waals surface area (Å²) in [7, 11) is 1.67. The second-order valence-corrected chi connectivity index (χ2v) is 5.58. The molecule has 21 heavy (non-hydrogen) atoms. The molecule has 110 valence electrons. The number of hydrogen-bond acceptors (Lipinski definition) is 2. The van der Waals surface area contributed by atoms with Gasteiger partial charge in [0.1, 0.15) is 0 Å². The van der Waals surface area contributed by atoms with Gasteiger partial charge in [-0.05, 0) is 29.8 Å². The molecule has 1 unspecified atom stereocenters. The smallest absolute Gasteiger partial charge is 0.322 e. The first-order valence-corrected chi connectivity index (χ1v) is 7.36. The van der Waals surface area contributed by atoms with Crippen LogP contribution in [0.5, 0.6) is 0 Å². The Morgan fingerprint density at radius 2 is 1.95 bits per heavy atom. The van der Waals surface area contributed by atoms with Gasteiger partial charge in [0.05, 0.1) is 12.6 Å². The lowest BCUT2D eigenvalue weighted by Crippen LogP contribution is -2.36. The largest absolute Gasteiger partial charge is 0.394 e. The van der Waals surface area contributed by atoms with Crippen molar-refractivity contribution in [2.75, 3.05) is 19.0 Å². The zero-order valence-corrected chi connectivity index (χ0v) is 13.2. The minimum absolute atomic E-state index is 0.144. The van der Waals surface area contributed by atoms with Crippen LogP contribution in [-0.2, 0) is 0 Å². The van der Waals surface area contributed by atoms with E-state index in [1.54, 1.807) is 7.05 Å². The molecule has 0 aliphatic heterocycles. The molecule has 2 rings (SSSR count). The summed E-state index contributed by atoms with van der Waals surface area (Å²) in [6, 6.07) is 16.1. The number of carbonyl (C=O) groups excluding carboxylic acids is 1. The van der Waals surface area contributed by atoms with Gasteiger partial charge in [-0.3, -0.25) is 0 Å². The van der Waals surface area contributed by atoms with Crippen LogP contribution in [0.2, 0.25) is 0 Å². The van der Waals surface area contributed by atoms with Crippen molar-refractivity contribution in [3.8, 4) is 0 Å². The fourth-order valence-electron chi connectivity index (χ4n) is 2.04. The molecule has 0 fully saturated rings. The Kier molecular flexibility index (Phi) is 5.36. The predicted molar refractivity (Wildman–Crippen MR) is 87.2 cm³/mol. The fraction of sp³-hybridized carbons (Fsp3) is 0.188. The Morgan fingerprint density at radius 1 is 1.24 bits per heavy atom. The molecule has 4 nitrogen and oxygen atoms in total. The molecule has 0 aromatic heterocycles. The van der Waals surface area contributed by atoms with E-state index < -0.39 is 6.04 Å². The number of anilines is 1. The molecular formula is C16H17BrN2O2. The Labute approximate surface area is 132 Å². The number of nitrogens with zero attached hydrogens (tertiary/aromatic N) is 1. The lowest BCUT2D eigenvalue weighted by Gasteiger charge is -2.27. The van der Waals surface area contributed by atoms with Crippen LogP contribution >= 0.6 is 15.9 Å². The van der Waals surface area contributed by atoms with Gasteiger partial charge in [-0.25, -0.2) is 4.79 Å². The summed E-state index contributed by atoms with van der Waals surface area (Å²) in [5.74, 6) is 0. The zero-order chi connectivity index (χ0) is 15.2. The van der Waals surface area contributed by atoms with E-state index in [1.165, 1.54) is 4.90 Å². The van der Waals surface area contributed by atoms with Gasteiger partial charge in [0.2, 0.25) is 0 Å². The molecule has 0 spiro atoms. The molecule has 0 aliphatic rings. The Morgan fingerprint density at radius 3 is 2.57 bits per heavy atom. The highest BCUT2D eigenvalue weighted by Gasteiger charge is 2.21. The van der Waals surface area contributed by atoms with Gasteiger partial charge in [0.25, 0.3) is 0 Å². The summed E-state index contributed by atoms with van der Waals surface area (Å²) < 4.78 is 0.912. The Hall–Kier alpha value is -1.85. The van der Waals surface area contributed by atoms with Gasteiger partial charge in [-0.15, -0.1) is 0 Å². The molecule has 1 atom stereocenters. The molecule has 0 saturated carbocycles. The standard InChI is InChI=1S/C16H17BrN2O2/c1-19(16(21)18-14-8-3-2-4-9-14)15(11-20)12-6-5-7-13(17)10-12/h2-10,15,20H,11H2,1H3,(H,18,21). The van der Waals surface area contributed by atoms with Crippen molar-refractivity contribution in [3.63, 3.8) is 0 Å². The van der Waals surface area contributed by atoms with E-state index in [-0.39, 0.29) is 12.6 Å². The first kappa shape index (κ1) is 15.5. The molecule has 2 aromatic carbocycles. The molecular weight excluding hydrogens is 332 g/mol. The predicted octanol–water partition coefficient (Wildman–Crippen LogP) is 3.65. The molecule has 0 saturated heterocycles. The van der Waals surface area contributed by atoms with Gasteiger partial charge >= 0.3 is 6.03 Å². The topological polar surface area (TPSA) is 52.6 Å². The molecule has 0 aliphatic carbocycles. The van der Waals surface area contributed by atoms with Crippen LogP contribution in [0, 0.1) is 0 Å². The number of halogens is 1. The summed E-state index contributed by atoms with van der Waals surface area (Å²) in [5, 5.41) is 12.4. The zero-order valence-electron chi connectivity index (χ0n) is 11.7. The maximum Gasteiger partial charge on any atom is 0.322 e. The molecule has 0 heterocycles. The maximum absolute atomic E-state index is 12.3. The van der Waals surface area contributed by atoms with Crippen molar-refractivity contribution in [2.24, 2.45) is 0 Å². The van der Waals surface area contributed by atoms with Crippen LogP contribution in [0.25, 0.3) is 0 Å². The highest BCUT2D eigenvalue weighted by Crippen LogP contribution is 2.23. The van der Waals surface area contributed by atoms with E-state index in [0.29, 0.717) is 0 Å².